The first-order valence-electron chi connectivity index (χ1n) is 8.72. The lowest BCUT2D eigenvalue weighted by Gasteiger charge is -2.34. The van der Waals surface area contributed by atoms with Crippen LogP contribution in [0.2, 0.25) is 0 Å². The number of guanidine groups is 1. The van der Waals surface area contributed by atoms with E-state index >= 15 is 0 Å². The minimum atomic E-state index is -0.289. The van der Waals surface area contributed by atoms with Crippen LogP contribution in [0.3, 0.4) is 0 Å². The fourth-order valence-electron chi connectivity index (χ4n) is 2.85. The molecule has 0 aromatic heterocycles. The van der Waals surface area contributed by atoms with Crippen molar-refractivity contribution in [2.75, 3.05) is 32.2 Å². The van der Waals surface area contributed by atoms with Gasteiger partial charge in [0.2, 0.25) is 0 Å². The van der Waals surface area contributed by atoms with E-state index in [2.05, 4.69) is 10.3 Å². The van der Waals surface area contributed by atoms with Crippen LogP contribution in [0.5, 0.6) is 11.5 Å². The van der Waals surface area contributed by atoms with E-state index in [-0.39, 0.29) is 29.6 Å². The maximum absolute atomic E-state index is 6.05. The molecule has 6 nitrogen and oxygen atoms in total. The molecule has 2 aromatic rings. The Morgan fingerprint density at radius 3 is 2.52 bits per heavy atom. The highest BCUT2D eigenvalue weighted by Gasteiger charge is 2.32. The molecule has 1 heterocycles. The third-order valence-electron chi connectivity index (χ3n) is 4.46. The zero-order valence-electron chi connectivity index (χ0n) is 15.4. The second-order valence-corrected chi connectivity index (χ2v) is 6.27. The number of hydrogen-bond donors (Lipinski definition) is 2. The number of para-hydroxylation sites is 1. The van der Waals surface area contributed by atoms with E-state index in [1.807, 2.05) is 54.6 Å². The number of halogens is 1. The lowest BCUT2D eigenvalue weighted by Crippen LogP contribution is -2.42. The van der Waals surface area contributed by atoms with E-state index in [0.717, 1.165) is 30.0 Å². The lowest BCUT2D eigenvalue weighted by atomic mass is 9.94. The monoisotopic (exact) mass is 483 g/mol. The molecule has 27 heavy (non-hydrogen) atoms. The first kappa shape index (κ1) is 21.5. The zero-order chi connectivity index (χ0) is 18.2. The zero-order valence-corrected chi connectivity index (χ0v) is 17.7. The van der Waals surface area contributed by atoms with E-state index in [1.165, 1.54) is 0 Å². The smallest absolute Gasteiger partial charge is 0.193 e. The SMILES string of the molecule is COC1(CN=C(N)Nc2cccc(Oc3ccccc3)c2)CCOCC1.I. The Hall–Kier alpha value is -1.84. The van der Waals surface area contributed by atoms with Gasteiger partial charge in [-0.3, -0.25) is 4.99 Å². The summed E-state index contributed by atoms with van der Waals surface area (Å²) in [6.07, 6.45) is 1.64. The van der Waals surface area contributed by atoms with E-state index in [1.54, 1.807) is 7.11 Å². The topological polar surface area (TPSA) is 78.1 Å². The van der Waals surface area contributed by atoms with Crippen molar-refractivity contribution in [2.24, 2.45) is 10.7 Å². The molecule has 7 heteroatoms. The Balaban J connectivity index is 0.00000261. The molecule has 0 bridgehead atoms. The van der Waals surface area contributed by atoms with Crippen molar-refractivity contribution in [3.05, 3.63) is 54.6 Å². The van der Waals surface area contributed by atoms with Crippen LogP contribution in [0, 0.1) is 0 Å². The maximum atomic E-state index is 6.05. The molecule has 0 unspecified atom stereocenters. The first-order valence-corrected chi connectivity index (χ1v) is 8.72. The van der Waals surface area contributed by atoms with Crippen LogP contribution < -0.4 is 15.8 Å². The van der Waals surface area contributed by atoms with E-state index in [0.29, 0.717) is 25.7 Å². The molecular formula is C20H26IN3O3. The summed E-state index contributed by atoms with van der Waals surface area (Å²) in [6.45, 7) is 1.89. The highest BCUT2D eigenvalue weighted by molar-refractivity contribution is 14.0. The summed E-state index contributed by atoms with van der Waals surface area (Å²) in [5.74, 6) is 1.87. The third-order valence-corrected chi connectivity index (χ3v) is 4.46. The van der Waals surface area contributed by atoms with Gasteiger partial charge in [-0.1, -0.05) is 24.3 Å². The van der Waals surface area contributed by atoms with Crippen LogP contribution in [0.15, 0.2) is 59.6 Å². The van der Waals surface area contributed by atoms with Gasteiger partial charge in [-0.05, 0) is 24.3 Å². The molecule has 3 rings (SSSR count). The summed E-state index contributed by atoms with van der Waals surface area (Å²) < 4.78 is 16.9. The van der Waals surface area contributed by atoms with Gasteiger partial charge in [0.25, 0.3) is 0 Å². The van der Waals surface area contributed by atoms with Crippen molar-refractivity contribution in [3.63, 3.8) is 0 Å². The van der Waals surface area contributed by atoms with E-state index < -0.39 is 0 Å². The average molecular weight is 483 g/mol. The molecule has 0 aliphatic carbocycles. The van der Waals surface area contributed by atoms with E-state index in [4.69, 9.17) is 19.9 Å². The Kier molecular flexibility index (Phi) is 8.33. The summed E-state index contributed by atoms with van der Waals surface area (Å²) in [4.78, 5) is 4.46. The Bertz CT molecular complexity index is 734. The number of rotatable bonds is 6. The number of anilines is 1. The van der Waals surface area contributed by atoms with Crippen molar-refractivity contribution >= 4 is 35.6 Å². The van der Waals surface area contributed by atoms with Gasteiger partial charge < -0.3 is 25.3 Å². The molecule has 1 saturated heterocycles. The van der Waals surface area contributed by atoms with Crippen molar-refractivity contribution in [3.8, 4) is 11.5 Å². The second-order valence-electron chi connectivity index (χ2n) is 6.27. The number of ether oxygens (including phenoxy) is 3. The van der Waals surface area contributed by atoms with Gasteiger partial charge in [-0.25, -0.2) is 0 Å². The van der Waals surface area contributed by atoms with E-state index in [9.17, 15) is 0 Å². The third kappa shape index (κ3) is 6.37. The summed E-state index contributed by atoms with van der Waals surface area (Å²) in [7, 11) is 1.72. The largest absolute Gasteiger partial charge is 0.457 e. The van der Waals surface area contributed by atoms with Gasteiger partial charge in [0, 0.05) is 44.9 Å². The summed E-state index contributed by atoms with van der Waals surface area (Å²) in [5.41, 5.74) is 6.58. The van der Waals surface area contributed by atoms with Crippen molar-refractivity contribution in [1.29, 1.82) is 0 Å². The quantitative estimate of drug-likeness (QED) is 0.369. The normalized spacial score (nSPS) is 16.3. The molecule has 1 aliphatic rings. The lowest BCUT2D eigenvalue weighted by molar-refractivity contribution is -0.0828. The van der Waals surface area contributed by atoms with Gasteiger partial charge >= 0.3 is 0 Å². The van der Waals surface area contributed by atoms with Crippen LogP contribution in [0.4, 0.5) is 5.69 Å². The molecule has 0 radical (unpaired) electrons. The molecule has 146 valence electrons. The Labute approximate surface area is 177 Å². The second kappa shape index (κ2) is 10.5. The molecule has 3 N–H and O–H groups in total. The number of aliphatic imine (C=N–C) groups is 1. The summed E-state index contributed by atoms with van der Waals surface area (Å²) in [5, 5.41) is 3.11. The molecule has 0 amide bonds. The molecule has 0 atom stereocenters. The highest BCUT2D eigenvalue weighted by Crippen LogP contribution is 2.25. The number of nitrogens with one attached hydrogen (secondary N) is 1. The molecule has 1 fully saturated rings. The molecular weight excluding hydrogens is 457 g/mol. The molecule has 0 spiro atoms. The molecule has 1 aliphatic heterocycles. The van der Waals surface area contributed by atoms with Crippen LogP contribution >= 0.6 is 24.0 Å². The van der Waals surface area contributed by atoms with Crippen LogP contribution in [0.25, 0.3) is 0 Å². The predicted molar refractivity (Wildman–Crippen MR) is 118 cm³/mol. The van der Waals surface area contributed by atoms with Crippen LogP contribution in [-0.4, -0.2) is 38.4 Å². The van der Waals surface area contributed by atoms with Crippen molar-refractivity contribution in [2.45, 2.75) is 18.4 Å². The minimum absolute atomic E-state index is 0. The van der Waals surface area contributed by atoms with Gasteiger partial charge in [-0.15, -0.1) is 24.0 Å². The predicted octanol–water partition coefficient (Wildman–Crippen LogP) is 4.02. The minimum Gasteiger partial charge on any atom is -0.457 e. The maximum Gasteiger partial charge on any atom is 0.193 e. The average Bonchev–Trinajstić information content (AvgIpc) is 2.68. The molecule has 2 aromatic carbocycles. The number of methoxy groups -OCH3 is 1. The summed E-state index contributed by atoms with van der Waals surface area (Å²) in [6, 6.07) is 17.2. The number of benzene rings is 2. The van der Waals surface area contributed by atoms with Crippen LogP contribution in [0.1, 0.15) is 12.8 Å². The number of nitrogens with zero attached hydrogens (tertiary/aromatic N) is 1. The standard InChI is InChI=1S/C20H25N3O3.HI/c1-24-20(10-12-25-13-11-20)15-22-19(21)23-16-6-5-9-18(14-16)26-17-7-3-2-4-8-17;/h2-9,14H,10-13,15H2,1H3,(H3,21,22,23);1H. The fourth-order valence-corrected chi connectivity index (χ4v) is 2.85. The Morgan fingerprint density at radius 1 is 1.11 bits per heavy atom. The molecule has 0 saturated carbocycles. The fraction of sp³-hybridized carbons (Fsp3) is 0.350. The van der Waals surface area contributed by atoms with Gasteiger partial charge in [0.1, 0.15) is 11.5 Å². The summed E-state index contributed by atoms with van der Waals surface area (Å²) >= 11 is 0. The van der Waals surface area contributed by atoms with Crippen molar-refractivity contribution < 1.29 is 14.2 Å². The highest BCUT2D eigenvalue weighted by atomic mass is 127. The van der Waals surface area contributed by atoms with Gasteiger partial charge in [0.15, 0.2) is 5.96 Å². The first-order chi connectivity index (χ1) is 12.7. The number of hydrogen-bond acceptors (Lipinski definition) is 4. The van der Waals surface area contributed by atoms with Crippen molar-refractivity contribution in [1.82, 2.24) is 0 Å². The number of nitrogens with two attached hydrogens (primary N) is 1. The Morgan fingerprint density at radius 2 is 1.81 bits per heavy atom. The van der Waals surface area contributed by atoms with Gasteiger partial charge in [-0.2, -0.15) is 0 Å². The van der Waals surface area contributed by atoms with Crippen LogP contribution in [-0.2, 0) is 9.47 Å². The van der Waals surface area contributed by atoms with Gasteiger partial charge in [0.05, 0.1) is 12.1 Å².